The largest absolute Gasteiger partial charge is 0.367 e. The quantitative estimate of drug-likeness (QED) is 0.566. The van der Waals surface area contributed by atoms with Crippen molar-refractivity contribution in [1.82, 2.24) is 5.32 Å². The van der Waals surface area contributed by atoms with Crippen LogP contribution in [-0.2, 0) is 0 Å². The summed E-state index contributed by atoms with van der Waals surface area (Å²) in [6.07, 6.45) is 5.55. The predicted molar refractivity (Wildman–Crippen MR) is 107 cm³/mol. The maximum atomic E-state index is 8.31. The van der Waals surface area contributed by atoms with Crippen LogP contribution in [0.15, 0.2) is 34.6 Å². The Morgan fingerprint density at radius 2 is 2.17 bits per heavy atom. The number of anilines is 2. The highest BCUT2D eigenvalue weighted by Crippen LogP contribution is 2.39. The molecule has 1 aromatic rings. The molecule has 0 amide bonds. The minimum atomic E-state index is 0.246. The summed E-state index contributed by atoms with van der Waals surface area (Å²) in [7, 11) is 0. The Bertz CT molecular complexity index is 632. The number of fused-ring (bicyclic) bond motifs is 1. The summed E-state index contributed by atoms with van der Waals surface area (Å²) in [6, 6.07) is 7.25. The van der Waals surface area contributed by atoms with E-state index < -0.39 is 0 Å². The zero-order chi connectivity index (χ0) is 16.4. The lowest BCUT2D eigenvalue weighted by atomic mass is 10.0. The second-order valence-corrected chi connectivity index (χ2v) is 8.73. The van der Waals surface area contributed by atoms with Gasteiger partial charge in [0, 0.05) is 28.9 Å². The molecule has 1 saturated heterocycles. The molecule has 1 atom stereocenters. The number of hydrogen-bond donors (Lipinski definition) is 3. The van der Waals surface area contributed by atoms with E-state index in [2.05, 4.69) is 45.2 Å². The van der Waals surface area contributed by atoms with Gasteiger partial charge in [0.1, 0.15) is 5.84 Å². The number of rotatable bonds is 3. The number of allylic oxidation sites excluding steroid dienone is 1. The molecule has 6 heteroatoms. The van der Waals surface area contributed by atoms with Gasteiger partial charge in [0.25, 0.3) is 0 Å². The van der Waals surface area contributed by atoms with Crippen molar-refractivity contribution < 1.29 is 0 Å². The normalized spacial score (nSPS) is 24.0. The lowest BCUT2D eigenvalue weighted by molar-refractivity contribution is 0.432. The van der Waals surface area contributed by atoms with E-state index in [1.54, 1.807) is 11.8 Å². The van der Waals surface area contributed by atoms with E-state index in [1.807, 2.05) is 11.8 Å². The van der Waals surface area contributed by atoms with Gasteiger partial charge in [-0.25, -0.2) is 0 Å². The van der Waals surface area contributed by atoms with Crippen LogP contribution in [0.2, 0.25) is 0 Å². The highest BCUT2D eigenvalue weighted by Gasteiger charge is 2.26. The smallest absolute Gasteiger partial charge is 0.112 e. The molecule has 3 heterocycles. The summed E-state index contributed by atoms with van der Waals surface area (Å²) in [5.74, 6) is 1.78. The molecular formula is C18H24N4S2. The zero-order valence-corrected chi connectivity index (χ0v) is 15.4. The van der Waals surface area contributed by atoms with E-state index in [-0.39, 0.29) is 5.25 Å². The Balaban J connectivity index is 1.52. The second-order valence-electron chi connectivity index (χ2n) is 6.48. The van der Waals surface area contributed by atoms with E-state index in [0.717, 1.165) is 31.7 Å². The first-order valence-electron chi connectivity index (χ1n) is 8.71. The number of benzene rings is 1. The topological polar surface area (TPSA) is 51.2 Å². The van der Waals surface area contributed by atoms with E-state index in [1.165, 1.54) is 29.2 Å². The first-order valence-corrected chi connectivity index (χ1v) is 10.6. The van der Waals surface area contributed by atoms with Gasteiger partial charge in [-0.15, -0.1) is 23.5 Å². The predicted octanol–water partition coefficient (Wildman–Crippen LogP) is 3.76. The molecule has 3 aliphatic heterocycles. The summed E-state index contributed by atoms with van der Waals surface area (Å²) in [5, 5.41) is 17.5. The van der Waals surface area contributed by atoms with Crippen LogP contribution in [0.25, 0.3) is 0 Å². The molecule has 1 fully saturated rings. The van der Waals surface area contributed by atoms with Crippen molar-refractivity contribution in [3.8, 4) is 0 Å². The molecule has 0 saturated carbocycles. The number of amidine groups is 1. The number of thioether (sulfide) groups is 2. The molecule has 3 aliphatic rings. The van der Waals surface area contributed by atoms with E-state index in [9.17, 15) is 0 Å². The van der Waals surface area contributed by atoms with Gasteiger partial charge in [-0.05, 0) is 56.0 Å². The molecule has 0 bridgehead atoms. The number of hydrogen-bond acceptors (Lipinski definition) is 5. The third-order valence-electron chi connectivity index (χ3n) is 4.90. The van der Waals surface area contributed by atoms with Gasteiger partial charge in [-0.3, -0.25) is 5.41 Å². The molecule has 1 unspecified atom stereocenters. The van der Waals surface area contributed by atoms with Crippen molar-refractivity contribution in [3.63, 3.8) is 0 Å². The van der Waals surface area contributed by atoms with E-state index in [4.69, 9.17) is 5.41 Å². The van der Waals surface area contributed by atoms with Gasteiger partial charge >= 0.3 is 0 Å². The van der Waals surface area contributed by atoms with Gasteiger partial charge in [-0.2, -0.15) is 0 Å². The van der Waals surface area contributed by atoms with Gasteiger partial charge in [0.05, 0.1) is 10.9 Å². The highest BCUT2D eigenvalue weighted by atomic mass is 32.2. The molecule has 0 radical (unpaired) electrons. The van der Waals surface area contributed by atoms with Crippen molar-refractivity contribution in [3.05, 3.63) is 29.7 Å². The SMILES string of the molecule is N=C(Nc1ccc2c(c1)N(C1CCNCC1)CCS2)C1CC=CS1. The van der Waals surface area contributed by atoms with Crippen molar-refractivity contribution in [2.24, 2.45) is 0 Å². The first kappa shape index (κ1) is 16.4. The second kappa shape index (κ2) is 7.42. The summed E-state index contributed by atoms with van der Waals surface area (Å²) in [5.41, 5.74) is 2.40. The summed E-state index contributed by atoms with van der Waals surface area (Å²) < 4.78 is 0. The fraction of sp³-hybridized carbons (Fsp3) is 0.500. The lowest BCUT2D eigenvalue weighted by Gasteiger charge is -2.40. The molecular weight excluding hydrogens is 336 g/mol. The van der Waals surface area contributed by atoms with Gasteiger partial charge in [0.2, 0.25) is 0 Å². The van der Waals surface area contributed by atoms with Crippen LogP contribution in [0.1, 0.15) is 19.3 Å². The fourth-order valence-electron chi connectivity index (χ4n) is 3.62. The minimum Gasteiger partial charge on any atom is -0.367 e. The molecule has 24 heavy (non-hydrogen) atoms. The Morgan fingerprint density at radius 1 is 1.29 bits per heavy atom. The lowest BCUT2D eigenvalue weighted by Crippen LogP contribution is -2.45. The van der Waals surface area contributed by atoms with Crippen molar-refractivity contribution >= 4 is 40.7 Å². The average Bonchev–Trinajstić information content (AvgIpc) is 3.17. The molecule has 4 nitrogen and oxygen atoms in total. The first-order chi connectivity index (χ1) is 11.8. The van der Waals surface area contributed by atoms with Crippen LogP contribution < -0.4 is 15.5 Å². The molecule has 4 rings (SSSR count). The van der Waals surface area contributed by atoms with Crippen molar-refractivity contribution in [2.45, 2.75) is 35.4 Å². The van der Waals surface area contributed by atoms with Crippen LogP contribution in [0.5, 0.6) is 0 Å². The van der Waals surface area contributed by atoms with Crippen LogP contribution in [0.3, 0.4) is 0 Å². The molecule has 1 aromatic carbocycles. The van der Waals surface area contributed by atoms with Crippen molar-refractivity contribution in [2.75, 3.05) is 35.6 Å². The minimum absolute atomic E-state index is 0.246. The Kier molecular flexibility index (Phi) is 5.06. The van der Waals surface area contributed by atoms with Crippen LogP contribution in [0, 0.1) is 5.41 Å². The van der Waals surface area contributed by atoms with Gasteiger partial charge in [-0.1, -0.05) is 6.08 Å². The van der Waals surface area contributed by atoms with Crippen LogP contribution in [-0.4, -0.2) is 42.5 Å². The van der Waals surface area contributed by atoms with Gasteiger partial charge < -0.3 is 15.5 Å². The molecule has 3 N–H and O–H groups in total. The molecule has 0 aliphatic carbocycles. The maximum absolute atomic E-state index is 8.31. The standard InChI is InChI=1S/C18H24N4S2/c19-18(17-2-1-10-23-17)21-13-3-4-16-15(12-13)22(9-11-24-16)14-5-7-20-8-6-14/h1,3-4,10,12,14,17,20H,2,5-9,11H2,(H2,19,21). The van der Waals surface area contributed by atoms with E-state index >= 15 is 0 Å². The third-order valence-corrected chi connectivity index (χ3v) is 7.05. The Hall–Kier alpha value is -1.11. The summed E-state index contributed by atoms with van der Waals surface area (Å²) in [6.45, 7) is 3.38. The highest BCUT2D eigenvalue weighted by molar-refractivity contribution is 8.03. The van der Waals surface area contributed by atoms with Crippen LogP contribution >= 0.6 is 23.5 Å². The molecule has 0 spiro atoms. The van der Waals surface area contributed by atoms with Crippen LogP contribution in [0.4, 0.5) is 11.4 Å². The third kappa shape index (κ3) is 3.46. The summed E-state index contributed by atoms with van der Waals surface area (Å²) in [4.78, 5) is 3.99. The average molecular weight is 361 g/mol. The number of nitrogens with one attached hydrogen (secondary N) is 3. The Morgan fingerprint density at radius 3 is 2.96 bits per heavy atom. The summed E-state index contributed by atoms with van der Waals surface area (Å²) >= 11 is 3.69. The monoisotopic (exact) mass is 360 g/mol. The fourth-order valence-corrected chi connectivity index (χ4v) is 5.45. The zero-order valence-electron chi connectivity index (χ0n) is 13.8. The van der Waals surface area contributed by atoms with Crippen molar-refractivity contribution in [1.29, 1.82) is 5.41 Å². The number of nitrogens with zero attached hydrogens (tertiary/aromatic N) is 1. The Labute approximate surface area is 152 Å². The molecule has 128 valence electrons. The van der Waals surface area contributed by atoms with E-state index in [0.29, 0.717) is 11.9 Å². The molecule has 0 aromatic heterocycles. The number of piperidine rings is 1. The van der Waals surface area contributed by atoms with Gasteiger partial charge in [0.15, 0.2) is 0 Å². The maximum Gasteiger partial charge on any atom is 0.112 e.